The van der Waals surface area contributed by atoms with Crippen molar-refractivity contribution < 1.29 is 28.7 Å². The van der Waals surface area contributed by atoms with Crippen LogP contribution in [0.3, 0.4) is 0 Å². The Morgan fingerprint density at radius 1 is 1.05 bits per heavy atom. The number of Topliss-reactive ketones (excluding diaryl/α,β-unsaturated/α-hetero) is 1. The minimum atomic E-state index is -1.72. The van der Waals surface area contributed by atoms with E-state index in [2.05, 4.69) is 16.0 Å². The summed E-state index contributed by atoms with van der Waals surface area (Å²) in [6, 6.07) is 6.78. The first-order valence-electron chi connectivity index (χ1n) is 12.1. The van der Waals surface area contributed by atoms with Crippen LogP contribution in [0.2, 0.25) is 0 Å². The molecule has 2 amide bonds. The summed E-state index contributed by atoms with van der Waals surface area (Å²) in [7, 11) is 0. The molecule has 13 heteroatoms. The smallest absolute Gasteiger partial charge is 0.408 e. The van der Waals surface area contributed by atoms with Crippen molar-refractivity contribution in [1.82, 2.24) is 16.0 Å². The third-order valence-electron chi connectivity index (χ3n) is 5.01. The van der Waals surface area contributed by atoms with Gasteiger partial charge in [-0.15, -0.1) is 0 Å². The number of ether oxygens (including phenoxy) is 2. The number of carbonyl (C=O) groups excluding carboxylic acids is 4. The number of carbonyl (C=O) groups is 4. The lowest BCUT2D eigenvalue weighted by Gasteiger charge is -2.24. The lowest BCUT2D eigenvalue weighted by Crippen LogP contribution is -2.50. The van der Waals surface area contributed by atoms with E-state index >= 15 is 0 Å². The molecule has 0 heterocycles. The Balaban J connectivity index is 2.51. The van der Waals surface area contributed by atoms with Crippen molar-refractivity contribution in [2.45, 2.75) is 74.5 Å². The van der Waals surface area contributed by atoms with Crippen LogP contribution in [0.15, 0.2) is 30.3 Å². The molecule has 5 N–H and O–H groups in total. The zero-order valence-corrected chi connectivity index (χ0v) is 24.3. The van der Waals surface area contributed by atoms with Gasteiger partial charge in [0.25, 0.3) is 0 Å². The predicted molar refractivity (Wildman–Crippen MR) is 147 cm³/mol. The number of alkyl carbamates (subject to hydrolysis) is 1. The van der Waals surface area contributed by atoms with Crippen LogP contribution in [0.25, 0.3) is 0 Å². The Kier molecular flexibility index (Phi) is 14.4. The number of benzene rings is 1. The van der Waals surface area contributed by atoms with E-state index < -0.39 is 46.2 Å². The Bertz CT molecular complexity index is 922. The molecule has 0 saturated heterocycles. The van der Waals surface area contributed by atoms with Crippen LogP contribution < -0.4 is 21.7 Å². The summed E-state index contributed by atoms with van der Waals surface area (Å²) in [5.41, 5.74) is 5.90. The molecule has 1 aromatic rings. The quantitative estimate of drug-likeness (QED) is 0.146. The molecule has 214 valence electrons. The average molecular weight is 596 g/mol. The molecule has 10 nitrogen and oxygen atoms in total. The van der Waals surface area contributed by atoms with Crippen LogP contribution >= 0.6 is 34.8 Å². The molecule has 0 radical (unpaired) electrons. The zero-order valence-electron chi connectivity index (χ0n) is 22.0. The SMILES string of the molecule is C[C@H](NCC(=O)[C@H](Cc1ccccc1)NC(=O)OC(C)(C)C)C(=O)NCCC[C@H](N)C(=O)OCC(Cl)(Cl)Cl. The molecule has 1 aromatic carbocycles. The van der Waals surface area contributed by atoms with E-state index in [0.717, 1.165) is 5.56 Å². The lowest BCUT2D eigenvalue weighted by molar-refractivity contribution is -0.145. The summed E-state index contributed by atoms with van der Waals surface area (Å²) in [6.45, 7) is 6.48. The van der Waals surface area contributed by atoms with Crippen molar-refractivity contribution in [3.8, 4) is 0 Å². The summed E-state index contributed by atoms with van der Waals surface area (Å²) in [4.78, 5) is 49.4. The molecule has 0 aromatic heterocycles. The lowest BCUT2D eigenvalue weighted by atomic mass is 10.0. The van der Waals surface area contributed by atoms with Gasteiger partial charge in [-0.1, -0.05) is 65.1 Å². The van der Waals surface area contributed by atoms with E-state index in [0.29, 0.717) is 6.42 Å². The maximum Gasteiger partial charge on any atom is 0.408 e. The zero-order chi connectivity index (χ0) is 28.9. The van der Waals surface area contributed by atoms with Crippen molar-refractivity contribution >= 4 is 58.6 Å². The summed E-state index contributed by atoms with van der Waals surface area (Å²) >= 11 is 16.6. The molecular weight excluding hydrogens is 559 g/mol. The van der Waals surface area contributed by atoms with Gasteiger partial charge >= 0.3 is 12.1 Å². The molecule has 0 spiro atoms. The number of nitrogens with one attached hydrogen (secondary N) is 3. The third kappa shape index (κ3) is 15.3. The van der Waals surface area contributed by atoms with Gasteiger partial charge in [-0.25, -0.2) is 4.79 Å². The minimum Gasteiger partial charge on any atom is -0.460 e. The van der Waals surface area contributed by atoms with E-state index in [1.54, 1.807) is 27.7 Å². The maximum atomic E-state index is 12.9. The molecule has 3 atom stereocenters. The van der Waals surface area contributed by atoms with Crippen molar-refractivity contribution in [3.05, 3.63) is 35.9 Å². The number of nitrogens with two attached hydrogens (primary N) is 1. The number of halogens is 3. The first kappa shape index (κ1) is 33.9. The van der Waals surface area contributed by atoms with E-state index in [9.17, 15) is 19.2 Å². The largest absolute Gasteiger partial charge is 0.460 e. The standard InChI is InChI=1S/C25H37Cl3N4O6/c1-16(21(34)30-12-8-11-18(29)22(35)37-15-25(26,27)28)31-14-20(33)19(13-17-9-6-5-7-10-17)32-23(36)38-24(2,3)4/h5-7,9-10,16,18-19,31H,8,11-15,29H2,1-4H3,(H,30,34)(H,32,36)/t16-,18-,19-/m0/s1. The normalized spacial score (nSPS) is 14.1. The van der Waals surface area contributed by atoms with Crippen molar-refractivity contribution in [3.63, 3.8) is 0 Å². The van der Waals surface area contributed by atoms with Gasteiger partial charge in [0.1, 0.15) is 18.2 Å². The topological polar surface area (TPSA) is 149 Å². The second-order valence-corrected chi connectivity index (χ2v) is 12.2. The van der Waals surface area contributed by atoms with Gasteiger partial charge in [0.15, 0.2) is 5.78 Å². The fourth-order valence-electron chi connectivity index (χ4n) is 3.08. The number of ketones is 1. The number of esters is 1. The molecule has 0 unspecified atom stereocenters. The number of rotatable bonds is 14. The molecule has 38 heavy (non-hydrogen) atoms. The molecular formula is C25H37Cl3N4O6. The molecule has 0 aliphatic rings. The van der Waals surface area contributed by atoms with Crippen LogP contribution in [0.1, 0.15) is 46.1 Å². The second-order valence-electron chi connectivity index (χ2n) is 9.72. The Hall–Kier alpha value is -2.11. The highest BCUT2D eigenvalue weighted by atomic mass is 35.6. The summed E-state index contributed by atoms with van der Waals surface area (Å²) < 4.78 is 8.39. The monoisotopic (exact) mass is 594 g/mol. The van der Waals surface area contributed by atoms with E-state index in [4.69, 9.17) is 50.0 Å². The van der Waals surface area contributed by atoms with Crippen LogP contribution in [0, 0.1) is 0 Å². The van der Waals surface area contributed by atoms with Crippen molar-refractivity contribution in [2.75, 3.05) is 19.7 Å². The fraction of sp³-hybridized carbons (Fsp3) is 0.600. The summed E-state index contributed by atoms with van der Waals surface area (Å²) in [5.74, 6) is -1.36. The highest BCUT2D eigenvalue weighted by Gasteiger charge is 2.26. The number of hydrogen-bond donors (Lipinski definition) is 4. The number of hydrogen-bond acceptors (Lipinski definition) is 8. The molecule has 0 saturated carbocycles. The molecule has 0 aliphatic carbocycles. The van der Waals surface area contributed by atoms with Crippen molar-refractivity contribution in [1.29, 1.82) is 0 Å². The van der Waals surface area contributed by atoms with Gasteiger partial charge in [0.05, 0.1) is 18.6 Å². The van der Waals surface area contributed by atoms with Crippen LogP contribution in [-0.2, 0) is 30.3 Å². The van der Waals surface area contributed by atoms with Gasteiger partial charge in [-0.3, -0.25) is 19.7 Å². The first-order valence-corrected chi connectivity index (χ1v) is 13.3. The van der Waals surface area contributed by atoms with Gasteiger partial charge in [0, 0.05) is 6.54 Å². The van der Waals surface area contributed by atoms with Gasteiger partial charge in [-0.2, -0.15) is 0 Å². The molecule has 0 fully saturated rings. The van der Waals surface area contributed by atoms with Gasteiger partial charge < -0.3 is 25.8 Å². The van der Waals surface area contributed by atoms with Crippen LogP contribution in [0.4, 0.5) is 4.79 Å². The van der Waals surface area contributed by atoms with Crippen molar-refractivity contribution in [2.24, 2.45) is 5.73 Å². The predicted octanol–water partition coefficient (Wildman–Crippen LogP) is 2.81. The molecule has 1 rings (SSSR count). The maximum absolute atomic E-state index is 12.9. The first-order chi connectivity index (χ1) is 17.6. The third-order valence-corrected chi connectivity index (χ3v) is 5.34. The Labute approximate surface area is 238 Å². The van der Waals surface area contributed by atoms with E-state index in [-0.39, 0.29) is 37.6 Å². The van der Waals surface area contributed by atoms with Crippen LogP contribution in [-0.4, -0.2) is 71.0 Å². The Morgan fingerprint density at radius 3 is 2.26 bits per heavy atom. The number of alkyl halides is 3. The minimum absolute atomic E-state index is 0.151. The van der Waals surface area contributed by atoms with Gasteiger partial charge in [0.2, 0.25) is 9.70 Å². The second kappa shape index (κ2) is 16.1. The highest BCUT2D eigenvalue weighted by Crippen LogP contribution is 2.26. The van der Waals surface area contributed by atoms with E-state index in [1.807, 2.05) is 30.3 Å². The molecule has 0 bridgehead atoms. The van der Waals surface area contributed by atoms with E-state index in [1.165, 1.54) is 0 Å². The number of amides is 2. The Morgan fingerprint density at radius 2 is 1.68 bits per heavy atom. The highest BCUT2D eigenvalue weighted by molar-refractivity contribution is 6.67. The van der Waals surface area contributed by atoms with Crippen LogP contribution in [0.5, 0.6) is 0 Å². The summed E-state index contributed by atoms with van der Waals surface area (Å²) in [6.07, 6.45) is 0.217. The summed E-state index contributed by atoms with van der Waals surface area (Å²) in [5, 5.41) is 8.22. The average Bonchev–Trinajstić information content (AvgIpc) is 2.81. The van der Waals surface area contributed by atoms with Gasteiger partial charge in [-0.05, 0) is 52.5 Å². The molecule has 0 aliphatic heterocycles. The fourth-order valence-corrected chi connectivity index (χ4v) is 3.24.